The maximum Gasteiger partial charge on any atom is 0.191 e. The number of nitrogens with zero attached hydrogens (tertiary/aromatic N) is 1. The maximum atomic E-state index is 13.3. The highest BCUT2D eigenvalue weighted by atomic mass is 79.9. The first-order valence-corrected chi connectivity index (χ1v) is 6.23. The molecule has 0 aliphatic carbocycles. The molecule has 1 aromatic carbocycles. The summed E-state index contributed by atoms with van der Waals surface area (Å²) in [6.07, 6.45) is 0. The monoisotopic (exact) mass is 301 g/mol. The predicted octanol–water partition coefficient (Wildman–Crippen LogP) is 2.66. The van der Waals surface area contributed by atoms with Gasteiger partial charge < -0.3 is 10.6 Å². The Bertz CT molecular complexity index is 405. The highest BCUT2D eigenvalue weighted by molar-refractivity contribution is 9.10. The number of hydrogen-bond acceptors (Lipinski definition) is 1. The lowest BCUT2D eigenvalue weighted by Crippen LogP contribution is -2.40. The number of rotatable bonds is 3. The summed E-state index contributed by atoms with van der Waals surface area (Å²) in [5.41, 5.74) is 0.873. The van der Waals surface area contributed by atoms with Gasteiger partial charge in [-0.15, -0.1) is 0 Å². The van der Waals surface area contributed by atoms with E-state index in [1.54, 1.807) is 13.1 Å². The van der Waals surface area contributed by atoms with Crippen LogP contribution in [0.1, 0.15) is 19.4 Å². The van der Waals surface area contributed by atoms with Gasteiger partial charge in [-0.2, -0.15) is 0 Å². The molecule has 0 atom stereocenters. The van der Waals surface area contributed by atoms with E-state index in [1.807, 2.05) is 19.9 Å². The molecule has 3 nitrogen and oxygen atoms in total. The zero-order chi connectivity index (χ0) is 12.8. The predicted molar refractivity (Wildman–Crippen MR) is 72.6 cm³/mol. The largest absolute Gasteiger partial charge is 0.354 e. The van der Waals surface area contributed by atoms with Crippen molar-refractivity contribution in [3.63, 3.8) is 0 Å². The molecule has 0 heterocycles. The van der Waals surface area contributed by atoms with Gasteiger partial charge >= 0.3 is 0 Å². The second kappa shape index (κ2) is 6.59. The van der Waals surface area contributed by atoms with Crippen molar-refractivity contribution in [2.75, 3.05) is 7.05 Å². The Morgan fingerprint density at radius 3 is 2.71 bits per heavy atom. The van der Waals surface area contributed by atoms with Crippen LogP contribution in [-0.4, -0.2) is 19.0 Å². The van der Waals surface area contributed by atoms with Crippen LogP contribution >= 0.6 is 15.9 Å². The number of nitrogens with one attached hydrogen (secondary N) is 2. The van der Waals surface area contributed by atoms with Gasteiger partial charge in [-0.3, -0.25) is 4.99 Å². The minimum atomic E-state index is -0.254. The molecule has 0 spiro atoms. The van der Waals surface area contributed by atoms with Crippen LogP contribution in [-0.2, 0) is 6.54 Å². The van der Waals surface area contributed by atoms with Crippen LogP contribution in [0.25, 0.3) is 0 Å². The molecule has 0 saturated carbocycles. The van der Waals surface area contributed by atoms with Crippen LogP contribution in [0, 0.1) is 5.82 Å². The Morgan fingerprint density at radius 2 is 2.18 bits per heavy atom. The molecule has 2 N–H and O–H groups in total. The molecule has 94 valence electrons. The summed E-state index contributed by atoms with van der Waals surface area (Å²) in [6, 6.07) is 5.37. The Kier molecular flexibility index (Phi) is 5.41. The first-order valence-electron chi connectivity index (χ1n) is 5.44. The van der Waals surface area contributed by atoms with Crippen molar-refractivity contribution < 1.29 is 4.39 Å². The van der Waals surface area contributed by atoms with Crippen LogP contribution in [0.3, 0.4) is 0 Å². The number of benzene rings is 1. The molecule has 0 saturated heterocycles. The Morgan fingerprint density at radius 1 is 1.47 bits per heavy atom. The molecule has 17 heavy (non-hydrogen) atoms. The van der Waals surface area contributed by atoms with E-state index in [0.717, 1.165) is 5.56 Å². The van der Waals surface area contributed by atoms with E-state index in [2.05, 4.69) is 31.6 Å². The molecule has 0 amide bonds. The molecule has 1 rings (SSSR count). The average Bonchev–Trinajstić information content (AvgIpc) is 2.28. The van der Waals surface area contributed by atoms with Crippen LogP contribution in [0.15, 0.2) is 27.7 Å². The Labute approximate surface area is 110 Å². The molecule has 5 heteroatoms. The molecule has 0 fully saturated rings. The normalized spacial score (nSPS) is 11.8. The van der Waals surface area contributed by atoms with Crippen molar-refractivity contribution in [3.8, 4) is 0 Å². The van der Waals surface area contributed by atoms with Crippen molar-refractivity contribution in [3.05, 3.63) is 34.1 Å². The van der Waals surface area contributed by atoms with Gasteiger partial charge in [-0.05, 0) is 47.5 Å². The van der Waals surface area contributed by atoms with Crippen molar-refractivity contribution in [2.45, 2.75) is 26.4 Å². The molecule has 0 aromatic heterocycles. The van der Waals surface area contributed by atoms with Gasteiger partial charge in [0, 0.05) is 19.6 Å². The zero-order valence-electron chi connectivity index (χ0n) is 10.2. The minimum absolute atomic E-state index is 0.254. The van der Waals surface area contributed by atoms with Gasteiger partial charge in [-0.25, -0.2) is 4.39 Å². The lowest BCUT2D eigenvalue weighted by atomic mass is 10.2. The van der Waals surface area contributed by atoms with Crippen LogP contribution in [0.5, 0.6) is 0 Å². The topological polar surface area (TPSA) is 36.4 Å². The Hall–Kier alpha value is -1.10. The van der Waals surface area contributed by atoms with Crippen molar-refractivity contribution in [1.29, 1.82) is 0 Å². The fourth-order valence-electron chi connectivity index (χ4n) is 1.30. The summed E-state index contributed by atoms with van der Waals surface area (Å²) in [5, 5.41) is 6.28. The summed E-state index contributed by atoms with van der Waals surface area (Å²) in [4.78, 5) is 4.07. The molecular weight excluding hydrogens is 285 g/mol. The van der Waals surface area contributed by atoms with Crippen LogP contribution in [0.2, 0.25) is 0 Å². The summed E-state index contributed by atoms with van der Waals surface area (Å²) >= 11 is 3.12. The van der Waals surface area contributed by atoms with E-state index >= 15 is 0 Å². The molecule has 0 bridgehead atoms. The fraction of sp³-hybridized carbons (Fsp3) is 0.417. The second-order valence-corrected chi connectivity index (χ2v) is 4.83. The van der Waals surface area contributed by atoms with Gasteiger partial charge in [0.2, 0.25) is 0 Å². The molecular formula is C12H17BrFN3. The van der Waals surface area contributed by atoms with Gasteiger partial charge in [0.1, 0.15) is 5.82 Å². The lowest BCUT2D eigenvalue weighted by molar-refractivity contribution is 0.617. The van der Waals surface area contributed by atoms with Crippen molar-refractivity contribution in [2.24, 2.45) is 4.99 Å². The Balaban J connectivity index is 2.57. The van der Waals surface area contributed by atoms with Gasteiger partial charge in [0.25, 0.3) is 0 Å². The van der Waals surface area contributed by atoms with E-state index in [4.69, 9.17) is 0 Å². The molecule has 0 aliphatic rings. The first-order chi connectivity index (χ1) is 8.02. The van der Waals surface area contributed by atoms with Crippen LogP contribution < -0.4 is 10.6 Å². The summed E-state index contributed by atoms with van der Waals surface area (Å²) in [5.74, 6) is 0.458. The maximum absolute atomic E-state index is 13.3. The van der Waals surface area contributed by atoms with E-state index in [0.29, 0.717) is 23.0 Å². The summed E-state index contributed by atoms with van der Waals surface area (Å²) < 4.78 is 13.8. The first kappa shape index (κ1) is 14.0. The highest BCUT2D eigenvalue weighted by Gasteiger charge is 2.03. The zero-order valence-corrected chi connectivity index (χ0v) is 11.8. The van der Waals surface area contributed by atoms with Gasteiger partial charge in [-0.1, -0.05) is 6.07 Å². The van der Waals surface area contributed by atoms with Gasteiger partial charge in [0.05, 0.1) is 4.47 Å². The van der Waals surface area contributed by atoms with E-state index in [1.165, 1.54) is 6.07 Å². The SMILES string of the molecule is CN=C(NCc1ccc(Br)c(F)c1)NC(C)C. The lowest BCUT2D eigenvalue weighted by Gasteiger charge is -2.14. The quantitative estimate of drug-likeness (QED) is 0.665. The minimum Gasteiger partial charge on any atom is -0.354 e. The highest BCUT2D eigenvalue weighted by Crippen LogP contribution is 2.16. The fourth-order valence-corrected chi connectivity index (χ4v) is 1.55. The number of aliphatic imine (C=N–C) groups is 1. The van der Waals surface area contributed by atoms with Gasteiger partial charge in [0.15, 0.2) is 5.96 Å². The second-order valence-electron chi connectivity index (χ2n) is 3.97. The smallest absolute Gasteiger partial charge is 0.191 e. The van der Waals surface area contributed by atoms with Crippen LogP contribution in [0.4, 0.5) is 4.39 Å². The molecule has 0 aliphatic heterocycles. The average molecular weight is 302 g/mol. The van der Waals surface area contributed by atoms with E-state index in [9.17, 15) is 4.39 Å². The number of guanidine groups is 1. The summed E-state index contributed by atoms with van der Waals surface area (Å²) in [7, 11) is 1.71. The van der Waals surface area contributed by atoms with Crippen molar-refractivity contribution in [1.82, 2.24) is 10.6 Å². The van der Waals surface area contributed by atoms with E-state index < -0.39 is 0 Å². The third-order valence-electron chi connectivity index (χ3n) is 2.09. The third-order valence-corrected chi connectivity index (χ3v) is 2.74. The molecule has 0 radical (unpaired) electrons. The molecule has 0 unspecified atom stereocenters. The third kappa shape index (κ3) is 4.73. The number of hydrogen-bond donors (Lipinski definition) is 2. The standard InChI is InChI=1S/C12H17BrFN3/c1-8(2)17-12(15-3)16-7-9-4-5-10(13)11(14)6-9/h4-6,8H,7H2,1-3H3,(H2,15,16,17). The van der Waals surface area contributed by atoms with Crippen molar-refractivity contribution >= 4 is 21.9 Å². The molecule has 1 aromatic rings. The van der Waals surface area contributed by atoms with E-state index in [-0.39, 0.29) is 5.82 Å². The summed E-state index contributed by atoms with van der Waals surface area (Å²) in [6.45, 7) is 4.61. The number of halogens is 2.